The van der Waals surface area contributed by atoms with Crippen LogP contribution in [-0.2, 0) is 9.59 Å². The number of aromatic nitrogens is 1. The number of amides is 2. The Hall–Kier alpha value is -3.10. The molecule has 0 aliphatic heterocycles. The monoisotopic (exact) mass is 449 g/mol. The molecule has 1 atom stereocenters. The van der Waals surface area contributed by atoms with Crippen molar-refractivity contribution in [1.82, 2.24) is 10.3 Å². The Balaban J connectivity index is 2.07. The van der Waals surface area contributed by atoms with Gasteiger partial charge in [-0.15, -0.1) is 0 Å². The Morgan fingerprint density at radius 1 is 1.16 bits per heavy atom. The van der Waals surface area contributed by atoms with Gasteiger partial charge in [0.25, 0.3) is 0 Å². The minimum Gasteiger partial charge on any atom is -0.494 e. The molecule has 1 aromatic heterocycles. The Kier molecular flexibility index (Phi) is 7.71. The second kappa shape index (κ2) is 10.5. The first-order chi connectivity index (χ1) is 15.3. The molecule has 9 heteroatoms. The second-order valence-corrected chi connectivity index (χ2v) is 7.63. The van der Waals surface area contributed by atoms with Crippen molar-refractivity contribution in [2.45, 2.75) is 57.3 Å². The normalized spacial score (nSPS) is 15.6. The molecule has 1 heterocycles. The first kappa shape index (κ1) is 23.6. The molecule has 1 aromatic carbocycles. The number of halogens is 3. The minimum absolute atomic E-state index is 0.0844. The molecule has 2 aromatic rings. The first-order valence-corrected chi connectivity index (χ1v) is 10.6. The molecule has 1 aliphatic carbocycles. The van der Waals surface area contributed by atoms with Crippen LogP contribution in [0, 0.1) is 0 Å². The predicted molar refractivity (Wildman–Crippen MR) is 113 cm³/mol. The summed E-state index contributed by atoms with van der Waals surface area (Å²) < 4.78 is 46.4. The van der Waals surface area contributed by atoms with Crippen molar-refractivity contribution >= 4 is 17.5 Å². The number of hydrogen-bond acceptors (Lipinski definition) is 4. The van der Waals surface area contributed by atoms with Crippen LogP contribution in [0.1, 0.15) is 50.6 Å². The highest BCUT2D eigenvalue weighted by atomic mass is 19.4. The van der Waals surface area contributed by atoms with E-state index in [1.807, 2.05) is 0 Å². The van der Waals surface area contributed by atoms with E-state index in [9.17, 15) is 22.8 Å². The number of pyridine rings is 1. The van der Waals surface area contributed by atoms with Gasteiger partial charge in [0.05, 0.1) is 6.61 Å². The van der Waals surface area contributed by atoms with E-state index in [2.05, 4.69) is 10.3 Å². The zero-order chi connectivity index (χ0) is 23.1. The second-order valence-electron chi connectivity index (χ2n) is 7.63. The molecule has 1 aliphatic rings. The van der Waals surface area contributed by atoms with Gasteiger partial charge in [0, 0.05) is 30.2 Å². The van der Waals surface area contributed by atoms with Gasteiger partial charge in [0.15, 0.2) is 0 Å². The van der Waals surface area contributed by atoms with Crippen LogP contribution in [0.3, 0.4) is 0 Å². The molecular formula is C23H26F3N3O3. The van der Waals surface area contributed by atoms with E-state index < -0.39 is 24.0 Å². The lowest BCUT2D eigenvalue weighted by Crippen LogP contribution is -2.50. The third kappa shape index (κ3) is 5.77. The number of carbonyl (C=O) groups is 2. The standard InChI is InChI=1S/C23H26F3N3O3/c1-2-32-19-10-6-9-18(15-19)29(22(31)23(24,25)26)20(16-11-13-27-14-12-16)21(30)28-17-7-4-3-5-8-17/h6,9-15,17,20H,2-5,7-8H2,1H3,(H,28,30)/t20-/m1/s1. The number of nitrogens with one attached hydrogen (secondary N) is 1. The van der Waals surface area contributed by atoms with Crippen LogP contribution < -0.4 is 15.0 Å². The van der Waals surface area contributed by atoms with E-state index in [0.717, 1.165) is 32.1 Å². The Bertz CT molecular complexity index is 915. The van der Waals surface area contributed by atoms with Gasteiger partial charge >= 0.3 is 12.1 Å². The van der Waals surface area contributed by atoms with E-state index >= 15 is 0 Å². The number of benzene rings is 1. The highest BCUT2D eigenvalue weighted by Gasteiger charge is 2.47. The van der Waals surface area contributed by atoms with Crippen molar-refractivity contribution in [1.29, 1.82) is 0 Å². The van der Waals surface area contributed by atoms with Crippen LogP contribution in [-0.4, -0.2) is 35.6 Å². The number of nitrogens with zero attached hydrogens (tertiary/aromatic N) is 2. The Labute approximate surface area is 184 Å². The molecule has 172 valence electrons. The number of hydrogen-bond donors (Lipinski definition) is 1. The van der Waals surface area contributed by atoms with Crippen molar-refractivity contribution < 1.29 is 27.5 Å². The lowest BCUT2D eigenvalue weighted by molar-refractivity contribution is -0.171. The third-order valence-electron chi connectivity index (χ3n) is 5.35. The average Bonchev–Trinajstić information content (AvgIpc) is 2.78. The highest BCUT2D eigenvalue weighted by Crippen LogP contribution is 2.34. The number of ether oxygens (including phenoxy) is 1. The SMILES string of the molecule is CCOc1cccc(N(C(=O)C(F)(F)F)[C@@H](C(=O)NC2CCCCC2)c2ccncc2)c1. The van der Waals surface area contributed by atoms with E-state index in [-0.39, 0.29) is 17.3 Å². The maximum absolute atomic E-state index is 13.7. The molecule has 0 bridgehead atoms. The van der Waals surface area contributed by atoms with Crippen molar-refractivity contribution in [2.75, 3.05) is 11.5 Å². The maximum atomic E-state index is 13.7. The molecule has 0 saturated heterocycles. The lowest BCUT2D eigenvalue weighted by atomic mass is 9.94. The molecular weight excluding hydrogens is 423 g/mol. The van der Waals surface area contributed by atoms with Crippen LogP contribution in [0.2, 0.25) is 0 Å². The summed E-state index contributed by atoms with van der Waals surface area (Å²) in [5.74, 6) is -2.50. The number of carbonyl (C=O) groups excluding carboxylic acids is 2. The molecule has 3 rings (SSSR count). The molecule has 1 fully saturated rings. The summed E-state index contributed by atoms with van der Waals surface area (Å²) in [4.78, 5) is 30.3. The summed E-state index contributed by atoms with van der Waals surface area (Å²) in [6.45, 7) is 2.04. The molecule has 0 radical (unpaired) electrons. The molecule has 0 unspecified atom stereocenters. The van der Waals surface area contributed by atoms with Gasteiger partial charge in [0.2, 0.25) is 5.91 Å². The fourth-order valence-corrected chi connectivity index (χ4v) is 3.90. The van der Waals surface area contributed by atoms with E-state index in [0.29, 0.717) is 17.3 Å². The Morgan fingerprint density at radius 3 is 2.47 bits per heavy atom. The van der Waals surface area contributed by atoms with Gasteiger partial charge in [-0.3, -0.25) is 19.5 Å². The average molecular weight is 449 g/mol. The van der Waals surface area contributed by atoms with Gasteiger partial charge in [-0.05, 0) is 49.6 Å². The van der Waals surface area contributed by atoms with Gasteiger partial charge in [-0.25, -0.2) is 0 Å². The number of rotatable bonds is 7. The summed E-state index contributed by atoms with van der Waals surface area (Å²) in [6.07, 6.45) is 2.01. The van der Waals surface area contributed by atoms with E-state index in [1.54, 1.807) is 13.0 Å². The summed E-state index contributed by atoms with van der Waals surface area (Å²) in [5.41, 5.74) is 0.145. The van der Waals surface area contributed by atoms with Crippen molar-refractivity contribution in [3.63, 3.8) is 0 Å². The highest BCUT2D eigenvalue weighted by molar-refractivity contribution is 6.04. The van der Waals surface area contributed by atoms with Gasteiger partial charge in [-0.2, -0.15) is 13.2 Å². The fraction of sp³-hybridized carbons (Fsp3) is 0.435. The quantitative estimate of drug-likeness (QED) is 0.673. The van der Waals surface area contributed by atoms with E-state index in [4.69, 9.17) is 4.74 Å². The summed E-state index contributed by atoms with van der Waals surface area (Å²) in [5, 5.41) is 2.86. The molecule has 6 nitrogen and oxygen atoms in total. The molecule has 2 amide bonds. The topological polar surface area (TPSA) is 71.5 Å². The first-order valence-electron chi connectivity index (χ1n) is 10.6. The van der Waals surface area contributed by atoms with Crippen LogP contribution >= 0.6 is 0 Å². The van der Waals surface area contributed by atoms with Gasteiger partial charge in [0.1, 0.15) is 11.8 Å². The largest absolute Gasteiger partial charge is 0.494 e. The third-order valence-corrected chi connectivity index (χ3v) is 5.35. The summed E-state index contributed by atoms with van der Waals surface area (Å²) in [6, 6.07) is 6.96. The molecule has 0 spiro atoms. The number of anilines is 1. The summed E-state index contributed by atoms with van der Waals surface area (Å²) >= 11 is 0. The van der Waals surface area contributed by atoms with Crippen LogP contribution in [0.25, 0.3) is 0 Å². The zero-order valence-electron chi connectivity index (χ0n) is 17.8. The predicted octanol–water partition coefficient (Wildman–Crippen LogP) is 4.57. The van der Waals surface area contributed by atoms with Crippen LogP contribution in [0.5, 0.6) is 5.75 Å². The zero-order valence-corrected chi connectivity index (χ0v) is 17.8. The summed E-state index contributed by atoms with van der Waals surface area (Å²) in [7, 11) is 0. The molecule has 1 N–H and O–H groups in total. The smallest absolute Gasteiger partial charge is 0.471 e. The molecule has 32 heavy (non-hydrogen) atoms. The van der Waals surface area contributed by atoms with Gasteiger partial charge < -0.3 is 10.1 Å². The van der Waals surface area contributed by atoms with Crippen LogP contribution in [0.15, 0.2) is 48.8 Å². The number of alkyl halides is 3. The lowest BCUT2D eigenvalue weighted by Gasteiger charge is -2.33. The Morgan fingerprint density at radius 2 is 1.84 bits per heavy atom. The minimum atomic E-state index is -5.18. The fourth-order valence-electron chi connectivity index (χ4n) is 3.90. The van der Waals surface area contributed by atoms with Crippen molar-refractivity contribution in [2.24, 2.45) is 0 Å². The van der Waals surface area contributed by atoms with Crippen molar-refractivity contribution in [3.05, 3.63) is 54.4 Å². The van der Waals surface area contributed by atoms with Crippen LogP contribution in [0.4, 0.5) is 18.9 Å². The van der Waals surface area contributed by atoms with Gasteiger partial charge in [-0.1, -0.05) is 25.3 Å². The van der Waals surface area contributed by atoms with E-state index in [1.165, 1.54) is 42.7 Å². The van der Waals surface area contributed by atoms with Crippen molar-refractivity contribution in [3.8, 4) is 5.75 Å². The maximum Gasteiger partial charge on any atom is 0.471 e. The molecule has 1 saturated carbocycles.